The van der Waals surface area contributed by atoms with E-state index >= 15 is 0 Å². The van der Waals surface area contributed by atoms with Gasteiger partial charge in [0.1, 0.15) is 12.2 Å². The van der Waals surface area contributed by atoms with Crippen LogP contribution in [0, 0.1) is 23.2 Å². The predicted molar refractivity (Wildman–Crippen MR) is 69.5 cm³/mol. The van der Waals surface area contributed by atoms with Crippen LogP contribution in [0.4, 0.5) is 0 Å². The van der Waals surface area contributed by atoms with Crippen LogP contribution in [0.1, 0.15) is 38.9 Å². The van der Waals surface area contributed by atoms with Gasteiger partial charge in [-0.3, -0.25) is 4.79 Å². The third-order valence-corrected chi connectivity index (χ3v) is 4.56. The van der Waals surface area contributed by atoms with Crippen molar-refractivity contribution >= 4 is 5.97 Å². The monoisotopic (exact) mass is 263 g/mol. The fourth-order valence-electron chi connectivity index (χ4n) is 3.52. The van der Waals surface area contributed by atoms with Crippen LogP contribution in [0.3, 0.4) is 0 Å². The number of carbonyl (C=O) groups is 1. The van der Waals surface area contributed by atoms with Gasteiger partial charge in [0.2, 0.25) is 0 Å². The highest BCUT2D eigenvalue weighted by atomic mass is 16.4. The number of nitrogens with zero attached hydrogens (tertiary/aromatic N) is 3. The second-order valence-electron chi connectivity index (χ2n) is 6.68. The molecule has 2 aliphatic rings. The van der Waals surface area contributed by atoms with Crippen molar-refractivity contribution in [3.05, 3.63) is 12.2 Å². The molecule has 5 heteroatoms. The summed E-state index contributed by atoms with van der Waals surface area (Å²) in [5.74, 6) is 1.96. The third-order valence-electron chi connectivity index (χ3n) is 4.56. The molecule has 2 unspecified atom stereocenters. The summed E-state index contributed by atoms with van der Waals surface area (Å²) < 4.78 is 1.87. The SMILES string of the molecule is CC(C)Cn1ncnc1CC1(C(=O)O)CC2CC2C1. The highest BCUT2D eigenvalue weighted by molar-refractivity contribution is 5.75. The molecule has 0 spiro atoms. The van der Waals surface area contributed by atoms with E-state index in [1.54, 1.807) is 6.33 Å². The lowest BCUT2D eigenvalue weighted by atomic mass is 9.79. The molecule has 0 radical (unpaired) electrons. The molecule has 1 N–H and O–H groups in total. The zero-order chi connectivity index (χ0) is 13.6. The highest BCUT2D eigenvalue weighted by Gasteiger charge is 2.57. The largest absolute Gasteiger partial charge is 0.481 e. The van der Waals surface area contributed by atoms with Crippen LogP contribution in [0.5, 0.6) is 0 Å². The Bertz CT molecular complexity index is 485. The summed E-state index contributed by atoms with van der Waals surface area (Å²) in [5.41, 5.74) is -0.588. The smallest absolute Gasteiger partial charge is 0.310 e. The summed E-state index contributed by atoms with van der Waals surface area (Å²) in [7, 11) is 0. The van der Waals surface area contributed by atoms with Crippen molar-refractivity contribution in [1.82, 2.24) is 14.8 Å². The van der Waals surface area contributed by atoms with Gasteiger partial charge in [-0.2, -0.15) is 5.10 Å². The number of fused-ring (bicyclic) bond motifs is 1. The van der Waals surface area contributed by atoms with E-state index in [1.807, 2.05) is 4.68 Å². The van der Waals surface area contributed by atoms with E-state index < -0.39 is 11.4 Å². The molecule has 1 aromatic heterocycles. The summed E-state index contributed by atoms with van der Waals surface area (Å²) in [6.45, 7) is 5.06. The molecular formula is C14H21N3O2. The number of aliphatic carboxylic acids is 1. The van der Waals surface area contributed by atoms with Gasteiger partial charge in [0, 0.05) is 13.0 Å². The molecule has 0 aromatic carbocycles. The van der Waals surface area contributed by atoms with Gasteiger partial charge in [0.25, 0.3) is 0 Å². The zero-order valence-electron chi connectivity index (χ0n) is 11.5. The van der Waals surface area contributed by atoms with E-state index in [0.29, 0.717) is 24.2 Å². The Kier molecular flexibility index (Phi) is 2.87. The summed E-state index contributed by atoms with van der Waals surface area (Å²) >= 11 is 0. The molecule has 2 saturated carbocycles. The minimum Gasteiger partial charge on any atom is -0.481 e. The lowest BCUT2D eigenvalue weighted by Crippen LogP contribution is -2.33. The second kappa shape index (κ2) is 4.32. The summed E-state index contributed by atoms with van der Waals surface area (Å²) in [6, 6.07) is 0. The van der Waals surface area contributed by atoms with Crippen molar-refractivity contribution in [2.24, 2.45) is 23.2 Å². The Balaban J connectivity index is 1.79. The van der Waals surface area contributed by atoms with Crippen molar-refractivity contribution in [3.63, 3.8) is 0 Å². The minimum absolute atomic E-state index is 0.484. The Morgan fingerprint density at radius 3 is 2.79 bits per heavy atom. The Morgan fingerprint density at radius 1 is 1.53 bits per heavy atom. The first-order valence-electron chi connectivity index (χ1n) is 7.10. The molecule has 0 aliphatic heterocycles. The molecule has 19 heavy (non-hydrogen) atoms. The van der Waals surface area contributed by atoms with Gasteiger partial charge >= 0.3 is 5.97 Å². The summed E-state index contributed by atoms with van der Waals surface area (Å²) in [4.78, 5) is 16.0. The number of hydrogen-bond donors (Lipinski definition) is 1. The standard InChI is InChI=1S/C14H21N3O2/c1-9(2)7-17-12(15-8-16-17)6-14(13(18)19)4-10-3-11(10)5-14/h8-11H,3-7H2,1-2H3,(H,18,19). The third kappa shape index (κ3) is 2.26. The van der Waals surface area contributed by atoms with Gasteiger partial charge < -0.3 is 5.11 Å². The van der Waals surface area contributed by atoms with Crippen molar-refractivity contribution in [3.8, 4) is 0 Å². The Labute approximate surface area is 113 Å². The first-order chi connectivity index (χ1) is 9.00. The van der Waals surface area contributed by atoms with E-state index in [2.05, 4.69) is 23.9 Å². The molecule has 0 bridgehead atoms. The average molecular weight is 263 g/mol. The zero-order valence-corrected chi connectivity index (χ0v) is 11.5. The quantitative estimate of drug-likeness (QED) is 0.882. The summed E-state index contributed by atoms with van der Waals surface area (Å²) in [5, 5.41) is 13.8. The van der Waals surface area contributed by atoms with Crippen LogP contribution in [0.25, 0.3) is 0 Å². The molecule has 104 valence electrons. The van der Waals surface area contributed by atoms with Gasteiger partial charge in [-0.05, 0) is 37.0 Å². The van der Waals surface area contributed by atoms with Gasteiger partial charge in [0.15, 0.2) is 0 Å². The number of aromatic nitrogens is 3. The molecule has 0 saturated heterocycles. The van der Waals surface area contributed by atoms with E-state index in [0.717, 1.165) is 25.2 Å². The fraction of sp³-hybridized carbons (Fsp3) is 0.786. The molecule has 2 aliphatic carbocycles. The van der Waals surface area contributed by atoms with Crippen LogP contribution in [-0.2, 0) is 17.8 Å². The van der Waals surface area contributed by atoms with E-state index in [9.17, 15) is 9.90 Å². The van der Waals surface area contributed by atoms with Crippen molar-refractivity contribution in [1.29, 1.82) is 0 Å². The van der Waals surface area contributed by atoms with Crippen LogP contribution in [0.2, 0.25) is 0 Å². The molecule has 5 nitrogen and oxygen atoms in total. The number of hydrogen-bond acceptors (Lipinski definition) is 3. The first kappa shape index (κ1) is 12.6. The second-order valence-corrected chi connectivity index (χ2v) is 6.68. The van der Waals surface area contributed by atoms with Gasteiger partial charge in [0.05, 0.1) is 5.41 Å². The predicted octanol–water partition coefficient (Wildman–Crippen LogP) is 1.98. The molecule has 0 amide bonds. The summed E-state index contributed by atoms with van der Waals surface area (Å²) in [6.07, 6.45) is 4.95. The number of carboxylic acid groups (broad SMARTS) is 1. The normalized spacial score (nSPS) is 32.6. The van der Waals surface area contributed by atoms with E-state index in [4.69, 9.17) is 0 Å². The molecule has 1 aromatic rings. The van der Waals surface area contributed by atoms with Crippen LogP contribution in [-0.4, -0.2) is 25.8 Å². The van der Waals surface area contributed by atoms with Crippen molar-refractivity contribution < 1.29 is 9.90 Å². The fourth-order valence-corrected chi connectivity index (χ4v) is 3.52. The molecule has 2 fully saturated rings. The maximum Gasteiger partial charge on any atom is 0.310 e. The number of rotatable bonds is 5. The van der Waals surface area contributed by atoms with Crippen molar-refractivity contribution in [2.75, 3.05) is 0 Å². The maximum atomic E-state index is 11.7. The average Bonchev–Trinajstić information content (AvgIpc) is 2.74. The van der Waals surface area contributed by atoms with Crippen LogP contribution < -0.4 is 0 Å². The van der Waals surface area contributed by atoms with E-state index in [-0.39, 0.29) is 0 Å². The lowest BCUT2D eigenvalue weighted by Gasteiger charge is -2.25. The lowest BCUT2D eigenvalue weighted by molar-refractivity contribution is -0.149. The number of carboxylic acids is 1. The molecule has 2 atom stereocenters. The Hall–Kier alpha value is -1.39. The van der Waals surface area contributed by atoms with Gasteiger partial charge in [-0.15, -0.1) is 0 Å². The van der Waals surface area contributed by atoms with Gasteiger partial charge in [-0.1, -0.05) is 13.8 Å². The van der Waals surface area contributed by atoms with Crippen LogP contribution >= 0.6 is 0 Å². The first-order valence-corrected chi connectivity index (χ1v) is 7.10. The van der Waals surface area contributed by atoms with Gasteiger partial charge in [-0.25, -0.2) is 9.67 Å². The molecule has 3 rings (SSSR count). The topological polar surface area (TPSA) is 68.0 Å². The minimum atomic E-state index is -0.654. The molecular weight excluding hydrogens is 242 g/mol. The molecule has 1 heterocycles. The van der Waals surface area contributed by atoms with Crippen molar-refractivity contribution in [2.45, 2.75) is 46.1 Å². The highest BCUT2D eigenvalue weighted by Crippen LogP contribution is 2.60. The van der Waals surface area contributed by atoms with Crippen LogP contribution in [0.15, 0.2) is 6.33 Å². The Morgan fingerprint density at radius 2 is 2.21 bits per heavy atom. The maximum absolute atomic E-state index is 11.7. The van der Waals surface area contributed by atoms with E-state index in [1.165, 1.54) is 6.42 Å².